The first-order valence-corrected chi connectivity index (χ1v) is 8.29. The molecule has 1 amide bonds. The van der Waals surface area contributed by atoms with Crippen LogP contribution in [0.3, 0.4) is 0 Å². The lowest BCUT2D eigenvalue weighted by atomic mass is 10.1. The van der Waals surface area contributed by atoms with Crippen molar-refractivity contribution in [3.8, 4) is 6.07 Å². The SMILES string of the molecule is N#CC(c1cccs1)N1CCN(C(=O)c2cccc(F)c2)CC1. The number of hydrogen-bond acceptors (Lipinski definition) is 4. The Morgan fingerprint density at radius 2 is 2.00 bits per heavy atom. The van der Waals surface area contributed by atoms with Crippen molar-refractivity contribution < 1.29 is 9.18 Å². The van der Waals surface area contributed by atoms with E-state index in [9.17, 15) is 14.4 Å². The predicted octanol–water partition coefficient (Wildman–Crippen LogP) is 2.91. The molecule has 23 heavy (non-hydrogen) atoms. The van der Waals surface area contributed by atoms with Gasteiger partial charge in [-0.2, -0.15) is 5.26 Å². The van der Waals surface area contributed by atoms with Crippen molar-refractivity contribution in [3.05, 3.63) is 58.0 Å². The van der Waals surface area contributed by atoms with Crippen molar-refractivity contribution in [1.29, 1.82) is 5.26 Å². The Morgan fingerprint density at radius 1 is 1.22 bits per heavy atom. The molecule has 1 unspecified atom stereocenters. The van der Waals surface area contributed by atoms with Crippen molar-refractivity contribution in [3.63, 3.8) is 0 Å². The second-order valence-corrected chi connectivity index (χ2v) is 6.36. The summed E-state index contributed by atoms with van der Waals surface area (Å²) in [7, 11) is 0. The quantitative estimate of drug-likeness (QED) is 0.870. The molecule has 1 aliphatic heterocycles. The Hall–Kier alpha value is -2.23. The van der Waals surface area contributed by atoms with Crippen LogP contribution in [0.1, 0.15) is 21.3 Å². The first-order chi connectivity index (χ1) is 11.2. The molecule has 1 aromatic carbocycles. The molecule has 0 saturated carbocycles. The maximum atomic E-state index is 13.3. The van der Waals surface area contributed by atoms with Crippen LogP contribution in [0.15, 0.2) is 41.8 Å². The highest BCUT2D eigenvalue weighted by Crippen LogP contribution is 2.25. The number of piperazine rings is 1. The van der Waals surface area contributed by atoms with Gasteiger partial charge in [-0.3, -0.25) is 9.69 Å². The van der Waals surface area contributed by atoms with Gasteiger partial charge in [-0.15, -0.1) is 11.3 Å². The van der Waals surface area contributed by atoms with Gasteiger partial charge in [0.25, 0.3) is 5.91 Å². The fourth-order valence-electron chi connectivity index (χ4n) is 2.76. The molecule has 0 aliphatic carbocycles. The Kier molecular flexibility index (Phi) is 4.70. The monoisotopic (exact) mass is 329 g/mol. The maximum absolute atomic E-state index is 13.3. The first kappa shape index (κ1) is 15.7. The average Bonchev–Trinajstić information content (AvgIpc) is 3.10. The lowest BCUT2D eigenvalue weighted by Gasteiger charge is -2.36. The highest BCUT2D eigenvalue weighted by atomic mass is 32.1. The largest absolute Gasteiger partial charge is 0.336 e. The summed E-state index contributed by atoms with van der Waals surface area (Å²) in [5.74, 6) is -0.564. The highest BCUT2D eigenvalue weighted by Gasteiger charge is 2.28. The number of nitriles is 1. The van der Waals surface area contributed by atoms with Crippen LogP contribution in [0, 0.1) is 17.1 Å². The van der Waals surface area contributed by atoms with Crippen molar-refractivity contribution in [1.82, 2.24) is 9.80 Å². The van der Waals surface area contributed by atoms with Crippen LogP contribution in [0.4, 0.5) is 4.39 Å². The number of carbonyl (C=O) groups is 1. The van der Waals surface area contributed by atoms with Gasteiger partial charge in [0, 0.05) is 36.6 Å². The standard InChI is InChI=1S/C17H16FN3OS/c18-14-4-1-3-13(11-14)17(22)21-8-6-20(7-9-21)15(12-19)16-5-2-10-23-16/h1-5,10-11,15H,6-9H2. The normalized spacial score (nSPS) is 16.8. The molecule has 1 fully saturated rings. The maximum Gasteiger partial charge on any atom is 0.254 e. The van der Waals surface area contributed by atoms with Crippen molar-refractivity contribution >= 4 is 17.2 Å². The molecule has 1 aliphatic rings. The third-order valence-corrected chi connectivity index (χ3v) is 4.90. The second kappa shape index (κ2) is 6.90. The average molecular weight is 329 g/mol. The third-order valence-electron chi connectivity index (χ3n) is 3.97. The first-order valence-electron chi connectivity index (χ1n) is 7.41. The minimum atomic E-state index is -0.406. The van der Waals surface area contributed by atoms with Crippen LogP contribution in [0.2, 0.25) is 0 Å². The van der Waals surface area contributed by atoms with Gasteiger partial charge in [0.2, 0.25) is 0 Å². The number of nitrogens with zero attached hydrogens (tertiary/aromatic N) is 3. The van der Waals surface area contributed by atoms with E-state index >= 15 is 0 Å². The fraction of sp³-hybridized carbons (Fsp3) is 0.294. The number of rotatable bonds is 3. The minimum absolute atomic E-state index is 0.159. The third kappa shape index (κ3) is 3.41. The zero-order chi connectivity index (χ0) is 16.2. The van der Waals surface area contributed by atoms with Crippen LogP contribution in [-0.2, 0) is 0 Å². The van der Waals surface area contributed by atoms with Crippen LogP contribution in [-0.4, -0.2) is 41.9 Å². The van der Waals surface area contributed by atoms with Crippen LogP contribution in [0.25, 0.3) is 0 Å². The predicted molar refractivity (Wildman–Crippen MR) is 86.5 cm³/mol. The van der Waals surface area contributed by atoms with Gasteiger partial charge in [0.05, 0.1) is 6.07 Å². The van der Waals surface area contributed by atoms with E-state index in [0.717, 1.165) is 4.88 Å². The molecule has 1 saturated heterocycles. The van der Waals surface area contributed by atoms with E-state index in [-0.39, 0.29) is 11.9 Å². The van der Waals surface area contributed by atoms with E-state index in [4.69, 9.17) is 0 Å². The summed E-state index contributed by atoms with van der Waals surface area (Å²) in [6.45, 7) is 2.35. The van der Waals surface area contributed by atoms with Gasteiger partial charge < -0.3 is 4.90 Å². The molecule has 0 spiro atoms. The lowest BCUT2D eigenvalue weighted by Crippen LogP contribution is -2.49. The van der Waals surface area contributed by atoms with Gasteiger partial charge >= 0.3 is 0 Å². The molecule has 2 heterocycles. The molecular weight excluding hydrogens is 313 g/mol. The molecule has 118 valence electrons. The number of hydrogen-bond donors (Lipinski definition) is 0. The van der Waals surface area contributed by atoms with Crippen LogP contribution >= 0.6 is 11.3 Å². The van der Waals surface area contributed by atoms with Gasteiger partial charge in [-0.05, 0) is 29.6 Å². The van der Waals surface area contributed by atoms with Crippen LogP contribution in [0.5, 0.6) is 0 Å². The Balaban J connectivity index is 1.64. The molecule has 0 bridgehead atoms. The van der Waals surface area contributed by atoms with E-state index in [2.05, 4.69) is 11.0 Å². The summed E-state index contributed by atoms with van der Waals surface area (Å²) >= 11 is 1.57. The number of thiophene rings is 1. The minimum Gasteiger partial charge on any atom is -0.336 e. The van der Waals surface area contributed by atoms with Crippen LogP contribution < -0.4 is 0 Å². The van der Waals surface area contributed by atoms with Gasteiger partial charge in [-0.25, -0.2) is 4.39 Å². The number of halogens is 1. The topological polar surface area (TPSA) is 47.3 Å². The lowest BCUT2D eigenvalue weighted by molar-refractivity contribution is 0.0607. The smallest absolute Gasteiger partial charge is 0.254 e. The zero-order valence-electron chi connectivity index (χ0n) is 12.5. The van der Waals surface area contributed by atoms with Gasteiger partial charge in [0.1, 0.15) is 11.9 Å². The van der Waals surface area contributed by atoms with E-state index in [1.54, 1.807) is 28.4 Å². The number of benzene rings is 1. The number of carbonyl (C=O) groups excluding carboxylic acids is 1. The summed E-state index contributed by atoms with van der Waals surface area (Å²) in [4.78, 5) is 17.2. The zero-order valence-corrected chi connectivity index (χ0v) is 13.3. The molecule has 1 atom stereocenters. The van der Waals surface area contributed by atoms with E-state index in [1.165, 1.54) is 12.1 Å². The molecule has 4 nitrogen and oxygen atoms in total. The summed E-state index contributed by atoms with van der Waals surface area (Å²) in [5, 5.41) is 11.4. The molecule has 1 aromatic heterocycles. The highest BCUT2D eigenvalue weighted by molar-refractivity contribution is 7.10. The van der Waals surface area contributed by atoms with Crippen molar-refractivity contribution in [2.45, 2.75) is 6.04 Å². The Morgan fingerprint density at radius 3 is 2.61 bits per heavy atom. The Labute approximate surface area is 138 Å². The van der Waals surface area contributed by atoms with Gasteiger partial charge in [0.15, 0.2) is 0 Å². The van der Waals surface area contributed by atoms with E-state index in [1.807, 2.05) is 17.5 Å². The Bertz CT molecular complexity index is 718. The summed E-state index contributed by atoms with van der Waals surface area (Å²) in [6, 6.07) is 11.7. The molecule has 0 radical (unpaired) electrons. The summed E-state index contributed by atoms with van der Waals surface area (Å²) in [5.41, 5.74) is 0.369. The molecule has 0 N–H and O–H groups in total. The summed E-state index contributed by atoms with van der Waals surface area (Å²) in [6.07, 6.45) is 0. The van der Waals surface area contributed by atoms with E-state index in [0.29, 0.717) is 31.7 Å². The molecule has 6 heteroatoms. The molecular formula is C17H16FN3OS. The number of amides is 1. The van der Waals surface area contributed by atoms with Crippen molar-refractivity contribution in [2.75, 3.05) is 26.2 Å². The fourth-order valence-corrected chi connectivity index (χ4v) is 3.56. The second-order valence-electron chi connectivity index (χ2n) is 5.39. The van der Waals surface area contributed by atoms with E-state index < -0.39 is 5.82 Å². The molecule has 3 rings (SSSR count). The molecule has 2 aromatic rings. The van der Waals surface area contributed by atoms with Gasteiger partial charge in [-0.1, -0.05) is 12.1 Å². The van der Waals surface area contributed by atoms with Crippen molar-refractivity contribution in [2.24, 2.45) is 0 Å². The summed E-state index contributed by atoms with van der Waals surface area (Å²) < 4.78 is 13.3.